The molecule has 0 radical (unpaired) electrons. The summed E-state index contributed by atoms with van der Waals surface area (Å²) in [6.07, 6.45) is 1.07. The Labute approximate surface area is 135 Å². The fourth-order valence-electron chi connectivity index (χ4n) is 2.24. The van der Waals surface area contributed by atoms with Gasteiger partial charge in [0.05, 0.1) is 5.75 Å². The van der Waals surface area contributed by atoms with Gasteiger partial charge < -0.3 is 5.32 Å². The number of rotatable bonds is 6. The third-order valence-electron chi connectivity index (χ3n) is 3.52. The standard InChI is InChI=1S/C17H19F2NO2S/c1-12(13-3-6-15(18)7-4-13)10-20-16-8-5-14(17(19)9-16)11-23(2,21)22/h3-9,12,20H,10-11H2,1-2H3. The molecule has 6 heteroatoms. The van der Waals surface area contributed by atoms with Crippen molar-refractivity contribution in [3.63, 3.8) is 0 Å². The van der Waals surface area contributed by atoms with E-state index in [1.807, 2.05) is 6.92 Å². The molecule has 0 heterocycles. The second kappa shape index (κ2) is 7.08. The summed E-state index contributed by atoms with van der Waals surface area (Å²) >= 11 is 0. The zero-order valence-corrected chi connectivity index (χ0v) is 13.8. The Bertz CT molecular complexity index is 774. The van der Waals surface area contributed by atoms with Crippen molar-refractivity contribution in [3.05, 3.63) is 65.2 Å². The van der Waals surface area contributed by atoms with E-state index in [4.69, 9.17) is 0 Å². The molecule has 23 heavy (non-hydrogen) atoms. The number of nitrogens with one attached hydrogen (secondary N) is 1. The van der Waals surface area contributed by atoms with Gasteiger partial charge in [-0.15, -0.1) is 0 Å². The van der Waals surface area contributed by atoms with Gasteiger partial charge in [0, 0.05) is 24.1 Å². The van der Waals surface area contributed by atoms with Crippen molar-refractivity contribution in [2.45, 2.75) is 18.6 Å². The number of benzene rings is 2. The van der Waals surface area contributed by atoms with Crippen molar-refractivity contribution in [2.75, 3.05) is 18.1 Å². The van der Waals surface area contributed by atoms with Crippen LogP contribution in [0.1, 0.15) is 24.0 Å². The summed E-state index contributed by atoms with van der Waals surface area (Å²) in [5.74, 6) is -1.02. The van der Waals surface area contributed by atoms with Crippen LogP contribution < -0.4 is 5.32 Å². The first-order valence-corrected chi connectivity index (χ1v) is 9.26. The van der Waals surface area contributed by atoms with E-state index in [2.05, 4.69) is 5.32 Å². The van der Waals surface area contributed by atoms with Crippen LogP contribution in [-0.4, -0.2) is 21.2 Å². The Hall–Kier alpha value is -1.95. The lowest BCUT2D eigenvalue weighted by molar-refractivity contribution is 0.592. The van der Waals surface area contributed by atoms with E-state index in [1.165, 1.54) is 24.3 Å². The lowest BCUT2D eigenvalue weighted by Crippen LogP contribution is -2.10. The molecule has 0 spiro atoms. The molecule has 0 saturated heterocycles. The van der Waals surface area contributed by atoms with Crippen molar-refractivity contribution in [1.82, 2.24) is 0 Å². The first kappa shape index (κ1) is 17.4. The van der Waals surface area contributed by atoms with Crippen LogP contribution in [0.3, 0.4) is 0 Å². The maximum Gasteiger partial charge on any atom is 0.151 e. The van der Waals surface area contributed by atoms with Gasteiger partial charge in [0.1, 0.15) is 11.6 Å². The molecule has 0 aliphatic heterocycles. The van der Waals surface area contributed by atoms with Gasteiger partial charge in [-0.2, -0.15) is 0 Å². The van der Waals surface area contributed by atoms with E-state index in [-0.39, 0.29) is 23.1 Å². The molecule has 0 amide bonds. The Balaban J connectivity index is 2.00. The summed E-state index contributed by atoms with van der Waals surface area (Å²) < 4.78 is 49.3. The fraction of sp³-hybridized carbons (Fsp3) is 0.294. The topological polar surface area (TPSA) is 46.2 Å². The van der Waals surface area contributed by atoms with Gasteiger partial charge in [-0.25, -0.2) is 17.2 Å². The summed E-state index contributed by atoms with van der Waals surface area (Å²) in [6, 6.07) is 10.7. The zero-order chi connectivity index (χ0) is 17.0. The quantitative estimate of drug-likeness (QED) is 0.872. The van der Waals surface area contributed by atoms with E-state index in [0.29, 0.717) is 12.2 Å². The van der Waals surface area contributed by atoms with E-state index >= 15 is 0 Å². The lowest BCUT2D eigenvalue weighted by Gasteiger charge is -2.14. The van der Waals surface area contributed by atoms with Crippen molar-refractivity contribution < 1.29 is 17.2 Å². The van der Waals surface area contributed by atoms with Crippen LogP contribution in [0, 0.1) is 11.6 Å². The minimum Gasteiger partial charge on any atom is -0.384 e. The second-order valence-electron chi connectivity index (χ2n) is 5.71. The van der Waals surface area contributed by atoms with Crippen molar-refractivity contribution in [3.8, 4) is 0 Å². The fourth-order valence-corrected chi connectivity index (χ4v) is 3.04. The molecule has 0 aromatic heterocycles. The Morgan fingerprint density at radius 1 is 1.09 bits per heavy atom. The second-order valence-corrected chi connectivity index (χ2v) is 7.85. The summed E-state index contributed by atoms with van der Waals surface area (Å²) in [6.45, 7) is 2.53. The molecule has 0 fully saturated rings. The van der Waals surface area contributed by atoms with Gasteiger partial charge in [0.2, 0.25) is 0 Å². The lowest BCUT2D eigenvalue weighted by atomic mass is 10.0. The number of sulfone groups is 1. The smallest absolute Gasteiger partial charge is 0.151 e. The number of hydrogen-bond acceptors (Lipinski definition) is 3. The molecular formula is C17H19F2NO2S. The summed E-state index contributed by atoms with van der Waals surface area (Å²) in [5.41, 5.74) is 1.71. The summed E-state index contributed by atoms with van der Waals surface area (Å²) in [7, 11) is -3.27. The monoisotopic (exact) mass is 339 g/mol. The van der Waals surface area contributed by atoms with E-state index < -0.39 is 15.7 Å². The molecule has 2 aromatic rings. The van der Waals surface area contributed by atoms with Crippen LogP contribution in [0.4, 0.5) is 14.5 Å². The predicted octanol–water partition coefficient (Wildman–Crippen LogP) is 3.73. The van der Waals surface area contributed by atoms with Gasteiger partial charge in [0.15, 0.2) is 9.84 Å². The molecule has 2 rings (SSSR count). The normalized spacial score (nSPS) is 12.9. The SMILES string of the molecule is CC(CNc1ccc(CS(C)(=O)=O)c(F)c1)c1ccc(F)cc1. The van der Waals surface area contributed by atoms with Gasteiger partial charge in [-0.3, -0.25) is 0 Å². The van der Waals surface area contributed by atoms with Crippen LogP contribution in [0.25, 0.3) is 0 Å². The average molecular weight is 339 g/mol. The Kier molecular flexibility index (Phi) is 5.36. The number of anilines is 1. The van der Waals surface area contributed by atoms with Gasteiger partial charge >= 0.3 is 0 Å². The zero-order valence-electron chi connectivity index (χ0n) is 13.0. The number of hydrogen-bond donors (Lipinski definition) is 1. The molecule has 0 bridgehead atoms. The third kappa shape index (κ3) is 5.32. The first-order valence-electron chi connectivity index (χ1n) is 7.20. The van der Waals surface area contributed by atoms with Crippen molar-refractivity contribution in [1.29, 1.82) is 0 Å². The van der Waals surface area contributed by atoms with Crippen LogP contribution >= 0.6 is 0 Å². The molecule has 0 saturated carbocycles. The van der Waals surface area contributed by atoms with Crippen LogP contribution in [0.15, 0.2) is 42.5 Å². The summed E-state index contributed by atoms with van der Waals surface area (Å²) in [4.78, 5) is 0. The maximum atomic E-state index is 13.9. The van der Waals surface area contributed by atoms with Crippen LogP contribution in [0.5, 0.6) is 0 Å². The largest absolute Gasteiger partial charge is 0.384 e. The Morgan fingerprint density at radius 3 is 2.30 bits per heavy atom. The minimum absolute atomic E-state index is 0.120. The highest BCUT2D eigenvalue weighted by Gasteiger charge is 2.11. The Morgan fingerprint density at radius 2 is 1.74 bits per heavy atom. The van der Waals surface area contributed by atoms with Crippen LogP contribution in [0.2, 0.25) is 0 Å². The maximum absolute atomic E-state index is 13.9. The number of halogens is 2. The highest BCUT2D eigenvalue weighted by Crippen LogP contribution is 2.20. The van der Waals surface area contributed by atoms with Gasteiger partial charge in [0.25, 0.3) is 0 Å². The van der Waals surface area contributed by atoms with Crippen molar-refractivity contribution in [2.24, 2.45) is 0 Å². The predicted molar refractivity (Wildman–Crippen MR) is 88.3 cm³/mol. The highest BCUT2D eigenvalue weighted by atomic mass is 32.2. The molecule has 2 aromatic carbocycles. The highest BCUT2D eigenvalue weighted by molar-refractivity contribution is 7.89. The first-order chi connectivity index (χ1) is 10.7. The average Bonchev–Trinajstić information content (AvgIpc) is 2.47. The molecular weight excluding hydrogens is 320 g/mol. The molecule has 1 atom stereocenters. The molecule has 124 valence electrons. The van der Waals surface area contributed by atoms with E-state index in [9.17, 15) is 17.2 Å². The van der Waals surface area contributed by atoms with Crippen molar-refractivity contribution >= 4 is 15.5 Å². The van der Waals surface area contributed by atoms with Gasteiger partial charge in [-0.05, 0) is 35.7 Å². The molecule has 1 N–H and O–H groups in total. The van der Waals surface area contributed by atoms with Crippen LogP contribution in [-0.2, 0) is 15.6 Å². The summed E-state index contributed by atoms with van der Waals surface area (Å²) in [5, 5.41) is 3.11. The third-order valence-corrected chi connectivity index (χ3v) is 4.36. The molecule has 1 unspecified atom stereocenters. The van der Waals surface area contributed by atoms with E-state index in [1.54, 1.807) is 18.2 Å². The molecule has 0 aliphatic carbocycles. The minimum atomic E-state index is -3.27. The molecule has 3 nitrogen and oxygen atoms in total. The van der Waals surface area contributed by atoms with E-state index in [0.717, 1.165) is 11.8 Å². The molecule has 0 aliphatic rings. The van der Waals surface area contributed by atoms with Gasteiger partial charge in [-0.1, -0.05) is 25.1 Å².